The molecule has 4 nitrogen and oxygen atoms in total. The lowest BCUT2D eigenvalue weighted by atomic mass is 10.3. The number of aliphatic hydroxyl groups is 1. The molecular formula is C11H10FN3O. The van der Waals surface area contributed by atoms with E-state index in [1.807, 2.05) is 6.07 Å². The van der Waals surface area contributed by atoms with Crippen molar-refractivity contribution in [2.45, 2.75) is 13.0 Å². The SMILES string of the molecule is N#CCc1nc2cc(F)ccc2n1CCO. The lowest BCUT2D eigenvalue weighted by Crippen LogP contribution is -2.06. The highest BCUT2D eigenvalue weighted by molar-refractivity contribution is 5.76. The van der Waals surface area contributed by atoms with Crippen molar-refractivity contribution in [3.63, 3.8) is 0 Å². The summed E-state index contributed by atoms with van der Waals surface area (Å²) in [6, 6.07) is 6.27. The standard InChI is InChI=1S/C11H10FN3O/c12-8-1-2-10-9(7-8)14-11(3-4-13)15(10)5-6-16/h1-2,7,16H,3,5-6H2. The second-order valence-electron chi connectivity index (χ2n) is 3.37. The minimum Gasteiger partial charge on any atom is -0.395 e. The van der Waals surface area contributed by atoms with Crippen molar-refractivity contribution < 1.29 is 9.50 Å². The number of imidazole rings is 1. The molecule has 0 aliphatic heterocycles. The zero-order valence-electron chi connectivity index (χ0n) is 8.52. The van der Waals surface area contributed by atoms with Crippen LogP contribution in [0.4, 0.5) is 4.39 Å². The molecule has 16 heavy (non-hydrogen) atoms. The molecule has 82 valence electrons. The monoisotopic (exact) mass is 219 g/mol. The van der Waals surface area contributed by atoms with Crippen LogP contribution in [0.2, 0.25) is 0 Å². The van der Waals surface area contributed by atoms with Crippen LogP contribution in [0.5, 0.6) is 0 Å². The van der Waals surface area contributed by atoms with Crippen LogP contribution < -0.4 is 0 Å². The highest BCUT2D eigenvalue weighted by atomic mass is 19.1. The number of hydrogen-bond acceptors (Lipinski definition) is 3. The fraction of sp³-hybridized carbons (Fsp3) is 0.273. The summed E-state index contributed by atoms with van der Waals surface area (Å²) in [5, 5.41) is 17.6. The van der Waals surface area contributed by atoms with E-state index in [0.717, 1.165) is 5.52 Å². The molecule has 0 bridgehead atoms. The van der Waals surface area contributed by atoms with Gasteiger partial charge in [-0.15, -0.1) is 0 Å². The number of rotatable bonds is 3. The summed E-state index contributed by atoms with van der Waals surface area (Å²) in [5.41, 5.74) is 1.25. The van der Waals surface area contributed by atoms with Gasteiger partial charge in [0, 0.05) is 12.6 Å². The number of aliphatic hydroxyl groups excluding tert-OH is 1. The third-order valence-electron chi connectivity index (χ3n) is 2.35. The summed E-state index contributed by atoms with van der Waals surface area (Å²) in [6.45, 7) is 0.320. The minimum absolute atomic E-state index is 0.0404. The average molecular weight is 219 g/mol. The third-order valence-corrected chi connectivity index (χ3v) is 2.35. The van der Waals surface area contributed by atoms with Crippen molar-refractivity contribution >= 4 is 11.0 Å². The van der Waals surface area contributed by atoms with E-state index in [4.69, 9.17) is 10.4 Å². The number of hydrogen-bond donors (Lipinski definition) is 1. The number of nitriles is 1. The van der Waals surface area contributed by atoms with Crippen LogP contribution in [0.25, 0.3) is 11.0 Å². The zero-order valence-corrected chi connectivity index (χ0v) is 8.52. The normalized spacial score (nSPS) is 10.6. The molecule has 1 N–H and O–H groups in total. The number of benzene rings is 1. The summed E-state index contributed by atoms with van der Waals surface area (Å²) < 4.78 is 14.7. The van der Waals surface area contributed by atoms with Crippen molar-refractivity contribution in [3.05, 3.63) is 29.8 Å². The molecule has 0 unspecified atom stereocenters. The van der Waals surface area contributed by atoms with Gasteiger partial charge in [-0.1, -0.05) is 0 Å². The van der Waals surface area contributed by atoms with E-state index in [-0.39, 0.29) is 18.8 Å². The molecule has 0 spiro atoms. The topological polar surface area (TPSA) is 61.8 Å². The van der Waals surface area contributed by atoms with Gasteiger partial charge < -0.3 is 9.67 Å². The Hall–Kier alpha value is -1.93. The zero-order chi connectivity index (χ0) is 11.5. The molecule has 0 amide bonds. The fourth-order valence-corrected chi connectivity index (χ4v) is 1.71. The number of aromatic nitrogens is 2. The van der Waals surface area contributed by atoms with E-state index in [2.05, 4.69) is 4.98 Å². The van der Waals surface area contributed by atoms with Gasteiger partial charge in [-0.2, -0.15) is 5.26 Å². The maximum absolute atomic E-state index is 13.0. The van der Waals surface area contributed by atoms with Gasteiger partial charge in [-0.3, -0.25) is 0 Å². The molecule has 5 heteroatoms. The second kappa shape index (κ2) is 4.29. The van der Waals surface area contributed by atoms with Gasteiger partial charge in [0.1, 0.15) is 11.6 Å². The third kappa shape index (κ3) is 1.75. The molecular weight excluding hydrogens is 209 g/mol. The Labute approximate surface area is 91.6 Å². The van der Waals surface area contributed by atoms with E-state index in [9.17, 15) is 4.39 Å². The first-order valence-corrected chi connectivity index (χ1v) is 4.88. The van der Waals surface area contributed by atoms with Gasteiger partial charge in [0.2, 0.25) is 0 Å². The Morgan fingerprint density at radius 2 is 2.31 bits per heavy atom. The maximum atomic E-state index is 13.0. The summed E-state index contributed by atoms with van der Waals surface area (Å²) in [4.78, 5) is 4.17. The molecule has 2 rings (SSSR count). The Bertz CT molecular complexity index is 556. The predicted molar refractivity (Wildman–Crippen MR) is 56.1 cm³/mol. The number of nitrogens with zero attached hydrogens (tertiary/aromatic N) is 3. The van der Waals surface area contributed by atoms with E-state index in [0.29, 0.717) is 17.9 Å². The molecule has 0 aliphatic carbocycles. The Balaban J connectivity index is 2.61. The summed E-state index contributed by atoms with van der Waals surface area (Å²) in [5.74, 6) is 0.196. The summed E-state index contributed by atoms with van der Waals surface area (Å²) in [6.07, 6.45) is 0.149. The van der Waals surface area contributed by atoms with Gasteiger partial charge in [-0.25, -0.2) is 9.37 Å². The lowest BCUT2D eigenvalue weighted by Gasteiger charge is -2.04. The van der Waals surface area contributed by atoms with Crippen molar-refractivity contribution in [1.29, 1.82) is 5.26 Å². The van der Waals surface area contributed by atoms with Crippen LogP contribution in [0, 0.1) is 17.1 Å². The van der Waals surface area contributed by atoms with Crippen molar-refractivity contribution in [1.82, 2.24) is 9.55 Å². The van der Waals surface area contributed by atoms with Crippen molar-refractivity contribution in [3.8, 4) is 6.07 Å². The smallest absolute Gasteiger partial charge is 0.125 e. The average Bonchev–Trinajstić information content (AvgIpc) is 2.57. The first-order valence-electron chi connectivity index (χ1n) is 4.88. The van der Waals surface area contributed by atoms with Gasteiger partial charge in [0.25, 0.3) is 0 Å². The predicted octanol–water partition coefficient (Wildman–Crippen LogP) is 1.23. The van der Waals surface area contributed by atoms with Gasteiger partial charge >= 0.3 is 0 Å². The Morgan fingerprint density at radius 3 is 3.00 bits per heavy atom. The maximum Gasteiger partial charge on any atom is 0.125 e. The van der Waals surface area contributed by atoms with E-state index in [1.54, 1.807) is 10.6 Å². The van der Waals surface area contributed by atoms with E-state index < -0.39 is 0 Å². The first-order chi connectivity index (χ1) is 7.76. The molecule has 0 fully saturated rings. The van der Waals surface area contributed by atoms with Crippen LogP contribution in [0.1, 0.15) is 5.82 Å². The van der Waals surface area contributed by atoms with Crippen LogP contribution in [0.15, 0.2) is 18.2 Å². The quantitative estimate of drug-likeness (QED) is 0.844. The number of halogens is 1. The molecule has 0 aliphatic rings. The van der Waals surface area contributed by atoms with Crippen LogP contribution >= 0.6 is 0 Å². The molecule has 0 saturated carbocycles. The van der Waals surface area contributed by atoms with Gasteiger partial charge in [0.15, 0.2) is 0 Å². The Morgan fingerprint density at radius 1 is 1.50 bits per heavy atom. The molecule has 2 aromatic rings. The van der Waals surface area contributed by atoms with Gasteiger partial charge in [-0.05, 0) is 12.1 Å². The highest BCUT2D eigenvalue weighted by Crippen LogP contribution is 2.17. The second-order valence-corrected chi connectivity index (χ2v) is 3.37. The van der Waals surface area contributed by atoms with E-state index in [1.165, 1.54) is 12.1 Å². The van der Waals surface area contributed by atoms with Crippen LogP contribution in [-0.2, 0) is 13.0 Å². The van der Waals surface area contributed by atoms with Crippen molar-refractivity contribution in [2.75, 3.05) is 6.61 Å². The molecule has 0 radical (unpaired) electrons. The fourth-order valence-electron chi connectivity index (χ4n) is 1.71. The largest absolute Gasteiger partial charge is 0.395 e. The molecule has 0 atom stereocenters. The molecule has 1 aromatic heterocycles. The van der Waals surface area contributed by atoms with Gasteiger partial charge in [0.05, 0.1) is 30.1 Å². The number of fused-ring (bicyclic) bond motifs is 1. The van der Waals surface area contributed by atoms with E-state index >= 15 is 0 Å². The van der Waals surface area contributed by atoms with Crippen molar-refractivity contribution in [2.24, 2.45) is 0 Å². The molecule has 1 heterocycles. The molecule has 1 aromatic carbocycles. The highest BCUT2D eigenvalue weighted by Gasteiger charge is 2.10. The first kappa shape index (κ1) is 10.6. The minimum atomic E-state index is -0.357. The lowest BCUT2D eigenvalue weighted by molar-refractivity contribution is 0.276. The van der Waals surface area contributed by atoms with Crippen LogP contribution in [0.3, 0.4) is 0 Å². The Kier molecular flexibility index (Phi) is 2.84. The van der Waals surface area contributed by atoms with Crippen LogP contribution in [-0.4, -0.2) is 21.3 Å². The molecule has 0 saturated heterocycles. The summed E-state index contributed by atoms with van der Waals surface area (Å²) >= 11 is 0. The summed E-state index contributed by atoms with van der Waals surface area (Å²) in [7, 11) is 0.